The zero-order valence-corrected chi connectivity index (χ0v) is 16.6. The predicted molar refractivity (Wildman–Crippen MR) is 107 cm³/mol. The van der Waals surface area contributed by atoms with Gasteiger partial charge in [0, 0.05) is 0 Å². The number of benzene rings is 2. The second kappa shape index (κ2) is 11.0. The molecule has 0 bridgehead atoms. The maximum Gasteiger partial charge on any atom is 0.338 e. The van der Waals surface area contributed by atoms with E-state index in [2.05, 4.69) is 12.2 Å². The van der Waals surface area contributed by atoms with Crippen LogP contribution < -0.4 is 14.8 Å². The molecular weight excluding hydrogens is 358 g/mol. The molecule has 1 atom stereocenters. The lowest BCUT2D eigenvalue weighted by molar-refractivity contribution is -0.125. The molecule has 0 saturated heterocycles. The average molecular weight is 385 g/mol. The van der Waals surface area contributed by atoms with Gasteiger partial charge < -0.3 is 19.5 Å². The standard InChI is InChI=1S/C22H27NO5/c1-4-9-18(16-10-7-6-8-11-16)23-21(24)15-28-22(25)17-12-13-19(26-3)20(14-17)27-5-2/h6-8,10-14,18H,4-5,9,15H2,1-3H3,(H,23,24)/t18-/m1/s1. The summed E-state index contributed by atoms with van der Waals surface area (Å²) >= 11 is 0. The summed E-state index contributed by atoms with van der Waals surface area (Å²) in [4.78, 5) is 24.6. The minimum Gasteiger partial charge on any atom is -0.493 e. The number of methoxy groups -OCH3 is 1. The van der Waals surface area contributed by atoms with Crippen molar-refractivity contribution in [1.29, 1.82) is 0 Å². The first-order chi connectivity index (χ1) is 13.6. The van der Waals surface area contributed by atoms with Gasteiger partial charge >= 0.3 is 5.97 Å². The van der Waals surface area contributed by atoms with E-state index in [1.807, 2.05) is 37.3 Å². The molecule has 1 amide bonds. The van der Waals surface area contributed by atoms with Crippen LogP contribution in [0.3, 0.4) is 0 Å². The molecule has 6 heteroatoms. The molecule has 150 valence electrons. The maximum atomic E-state index is 12.3. The third-order valence-corrected chi connectivity index (χ3v) is 4.15. The number of amides is 1. The van der Waals surface area contributed by atoms with Crippen LogP contribution in [0.1, 0.15) is 48.7 Å². The van der Waals surface area contributed by atoms with E-state index in [4.69, 9.17) is 14.2 Å². The Morgan fingerprint density at radius 2 is 1.79 bits per heavy atom. The highest BCUT2D eigenvalue weighted by molar-refractivity contribution is 5.92. The van der Waals surface area contributed by atoms with Crippen LogP contribution in [0.25, 0.3) is 0 Å². The van der Waals surface area contributed by atoms with Gasteiger partial charge in [-0.15, -0.1) is 0 Å². The van der Waals surface area contributed by atoms with Gasteiger partial charge in [0.05, 0.1) is 25.3 Å². The summed E-state index contributed by atoms with van der Waals surface area (Å²) in [6, 6.07) is 14.4. The largest absolute Gasteiger partial charge is 0.493 e. The first-order valence-electron chi connectivity index (χ1n) is 9.41. The minimum absolute atomic E-state index is 0.108. The molecule has 2 rings (SSSR count). The molecule has 1 N–H and O–H groups in total. The van der Waals surface area contributed by atoms with E-state index >= 15 is 0 Å². The number of carbonyl (C=O) groups excluding carboxylic acids is 2. The van der Waals surface area contributed by atoms with Gasteiger partial charge in [-0.3, -0.25) is 4.79 Å². The maximum absolute atomic E-state index is 12.3. The summed E-state index contributed by atoms with van der Waals surface area (Å²) in [5.41, 5.74) is 1.32. The fourth-order valence-corrected chi connectivity index (χ4v) is 2.82. The number of esters is 1. The molecule has 0 aliphatic carbocycles. The Bertz CT molecular complexity index is 776. The van der Waals surface area contributed by atoms with Crippen LogP contribution in [-0.4, -0.2) is 32.2 Å². The summed E-state index contributed by atoms with van der Waals surface area (Å²) in [5, 5.41) is 2.93. The second-order valence-electron chi connectivity index (χ2n) is 6.19. The second-order valence-corrected chi connectivity index (χ2v) is 6.19. The quantitative estimate of drug-likeness (QED) is 0.628. The number of hydrogen-bond acceptors (Lipinski definition) is 5. The van der Waals surface area contributed by atoms with Gasteiger partial charge in [0.15, 0.2) is 18.1 Å². The van der Waals surface area contributed by atoms with E-state index in [0.29, 0.717) is 23.7 Å². The summed E-state index contributed by atoms with van der Waals surface area (Å²) in [6.45, 7) is 3.99. The van der Waals surface area contributed by atoms with Crippen molar-refractivity contribution in [2.75, 3.05) is 20.3 Å². The van der Waals surface area contributed by atoms with E-state index in [0.717, 1.165) is 18.4 Å². The fourth-order valence-electron chi connectivity index (χ4n) is 2.82. The summed E-state index contributed by atoms with van der Waals surface area (Å²) in [6.07, 6.45) is 1.73. The highest BCUT2D eigenvalue weighted by Crippen LogP contribution is 2.28. The third kappa shape index (κ3) is 6.01. The lowest BCUT2D eigenvalue weighted by Crippen LogP contribution is -2.32. The van der Waals surface area contributed by atoms with E-state index in [1.165, 1.54) is 7.11 Å². The first kappa shape index (κ1) is 21.3. The molecule has 0 saturated carbocycles. The van der Waals surface area contributed by atoms with Crippen LogP contribution in [0.2, 0.25) is 0 Å². The van der Waals surface area contributed by atoms with Gasteiger partial charge in [-0.05, 0) is 37.1 Å². The lowest BCUT2D eigenvalue weighted by atomic mass is 10.0. The first-order valence-corrected chi connectivity index (χ1v) is 9.41. The predicted octanol–water partition coefficient (Wildman–Crippen LogP) is 3.91. The number of ether oxygens (including phenoxy) is 3. The molecule has 6 nitrogen and oxygen atoms in total. The number of carbonyl (C=O) groups is 2. The molecule has 0 aliphatic rings. The molecule has 0 spiro atoms. The van der Waals surface area contributed by atoms with Gasteiger partial charge in [0.25, 0.3) is 5.91 Å². The van der Waals surface area contributed by atoms with Crippen LogP contribution in [0, 0.1) is 0 Å². The lowest BCUT2D eigenvalue weighted by Gasteiger charge is -2.18. The molecule has 0 aromatic heterocycles. The highest BCUT2D eigenvalue weighted by atomic mass is 16.5. The molecule has 0 unspecified atom stereocenters. The zero-order valence-electron chi connectivity index (χ0n) is 16.6. The Balaban J connectivity index is 1.96. The van der Waals surface area contributed by atoms with E-state index in [-0.39, 0.29) is 18.6 Å². The summed E-state index contributed by atoms with van der Waals surface area (Å²) in [5.74, 6) is 0.0529. The SMILES string of the molecule is CCC[C@@H](NC(=O)COC(=O)c1ccc(OC)c(OCC)c1)c1ccccc1. The van der Waals surface area contributed by atoms with E-state index < -0.39 is 5.97 Å². The Labute approximate surface area is 165 Å². The number of hydrogen-bond donors (Lipinski definition) is 1. The normalized spacial score (nSPS) is 11.4. The zero-order chi connectivity index (χ0) is 20.4. The van der Waals surface area contributed by atoms with Crippen LogP contribution in [0.5, 0.6) is 11.5 Å². The van der Waals surface area contributed by atoms with Crippen LogP contribution in [0.4, 0.5) is 0 Å². The van der Waals surface area contributed by atoms with Gasteiger partial charge in [-0.2, -0.15) is 0 Å². The molecule has 2 aromatic carbocycles. The molecular formula is C22H27NO5. The smallest absolute Gasteiger partial charge is 0.338 e. The minimum atomic E-state index is -0.592. The molecule has 0 fully saturated rings. The Morgan fingerprint density at radius 3 is 2.43 bits per heavy atom. The van der Waals surface area contributed by atoms with Crippen molar-refractivity contribution in [2.24, 2.45) is 0 Å². The van der Waals surface area contributed by atoms with Crippen molar-refractivity contribution in [3.63, 3.8) is 0 Å². The Hall–Kier alpha value is -3.02. The molecule has 28 heavy (non-hydrogen) atoms. The van der Waals surface area contributed by atoms with Gasteiger partial charge in [-0.1, -0.05) is 43.7 Å². The summed E-state index contributed by atoms with van der Waals surface area (Å²) in [7, 11) is 1.53. The van der Waals surface area contributed by atoms with Gasteiger partial charge in [0.1, 0.15) is 0 Å². The van der Waals surface area contributed by atoms with Crippen molar-refractivity contribution >= 4 is 11.9 Å². The molecule has 2 aromatic rings. The van der Waals surface area contributed by atoms with Crippen molar-refractivity contribution in [3.8, 4) is 11.5 Å². The third-order valence-electron chi connectivity index (χ3n) is 4.15. The topological polar surface area (TPSA) is 73.9 Å². The van der Waals surface area contributed by atoms with Gasteiger partial charge in [-0.25, -0.2) is 4.79 Å². The van der Waals surface area contributed by atoms with E-state index in [1.54, 1.807) is 18.2 Å². The summed E-state index contributed by atoms with van der Waals surface area (Å²) < 4.78 is 15.8. The van der Waals surface area contributed by atoms with Crippen molar-refractivity contribution in [1.82, 2.24) is 5.32 Å². The van der Waals surface area contributed by atoms with Crippen molar-refractivity contribution in [3.05, 3.63) is 59.7 Å². The molecule has 0 radical (unpaired) electrons. The van der Waals surface area contributed by atoms with Crippen LogP contribution in [-0.2, 0) is 9.53 Å². The van der Waals surface area contributed by atoms with Crippen molar-refractivity contribution in [2.45, 2.75) is 32.7 Å². The Kier molecular flexibility index (Phi) is 8.34. The van der Waals surface area contributed by atoms with Crippen molar-refractivity contribution < 1.29 is 23.8 Å². The average Bonchev–Trinajstić information content (AvgIpc) is 2.72. The number of rotatable bonds is 10. The monoisotopic (exact) mass is 385 g/mol. The number of nitrogens with one attached hydrogen (secondary N) is 1. The molecule has 0 heterocycles. The van der Waals surface area contributed by atoms with Gasteiger partial charge in [0.2, 0.25) is 0 Å². The fraction of sp³-hybridized carbons (Fsp3) is 0.364. The highest BCUT2D eigenvalue weighted by Gasteiger charge is 2.17. The van der Waals surface area contributed by atoms with Crippen LogP contribution >= 0.6 is 0 Å². The van der Waals surface area contributed by atoms with Crippen LogP contribution in [0.15, 0.2) is 48.5 Å². The molecule has 0 aliphatic heterocycles. The van der Waals surface area contributed by atoms with E-state index in [9.17, 15) is 9.59 Å². The Morgan fingerprint density at radius 1 is 1.04 bits per heavy atom.